The maximum absolute atomic E-state index is 6.06. The van der Waals surface area contributed by atoms with Crippen molar-refractivity contribution in [1.82, 2.24) is 5.32 Å². The molecule has 0 fully saturated rings. The summed E-state index contributed by atoms with van der Waals surface area (Å²) in [7, 11) is 1.93. The monoisotopic (exact) mass is 295 g/mol. The maximum atomic E-state index is 6.06. The number of hydrogen-bond acceptors (Lipinski definition) is 2. The molecule has 19 heavy (non-hydrogen) atoms. The van der Waals surface area contributed by atoms with E-state index in [4.69, 9.17) is 27.9 Å². The predicted octanol–water partition coefficient (Wildman–Crippen LogP) is 4.29. The van der Waals surface area contributed by atoms with Crippen LogP contribution in [0.4, 0.5) is 0 Å². The smallest absolute Gasteiger partial charge is 0.139 e. The molecule has 0 bridgehead atoms. The average molecular weight is 296 g/mol. The number of hydrogen-bond donors (Lipinski definition) is 1. The molecule has 0 spiro atoms. The lowest BCUT2D eigenvalue weighted by molar-refractivity contribution is 0.306. The third-order valence-corrected chi connectivity index (χ3v) is 3.52. The van der Waals surface area contributed by atoms with Crippen LogP contribution < -0.4 is 10.1 Å². The Kier molecular flexibility index (Phi) is 5.08. The fourth-order valence-electron chi connectivity index (χ4n) is 1.71. The van der Waals surface area contributed by atoms with Crippen LogP contribution in [0.25, 0.3) is 0 Å². The molecular formula is C15H15Cl2NO. The molecule has 0 saturated carbocycles. The Labute approximate surface area is 123 Å². The minimum atomic E-state index is 0.455. The van der Waals surface area contributed by atoms with Gasteiger partial charge in [-0.25, -0.2) is 0 Å². The molecule has 100 valence electrons. The first-order valence-electron chi connectivity index (χ1n) is 6.00. The van der Waals surface area contributed by atoms with Gasteiger partial charge in [-0.1, -0.05) is 53.5 Å². The predicted molar refractivity (Wildman–Crippen MR) is 80.0 cm³/mol. The first-order chi connectivity index (χ1) is 9.20. The molecule has 0 heterocycles. The van der Waals surface area contributed by atoms with Gasteiger partial charge in [-0.3, -0.25) is 0 Å². The van der Waals surface area contributed by atoms with Gasteiger partial charge in [0.25, 0.3) is 0 Å². The highest BCUT2D eigenvalue weighted by molar-refractivity contribution is 6.42. The average Bonchev–Trinajstić information content (AvgIpc) is 2.42. The van der Waals surface area contributed by atoms with Crippen LogP contribution in [0.3, 0.4) is 0 Å². The Hall–Kier alpha value is -1.22. The standard InChI is InChI=1S/C15H15Cl2NO/c1-18-9-11-5-7-12(8-6-11)10-19-14-4-2-3-13(16)15(14)17/h2-8,18H,9-10H2,1H3. The first kappa shape index (κ1) is 14.2. The lowest BCUT2D eigenvalue weighted by Gasteiger charge is -2.09. The Morgan fingerprint density at radius 3 is 2.37 bits per heavy atom. The first-order valence-corrected chi connectivity index (χ1v) is 6.75. The van der Waals surface area contributed by atoms with Crippen molar-refractivity contribution in [3.63, 3.8) is 0 Å². The fourth-order valence-corrected chi connectivity index (χ4v) is 2.06. The van der Waals surface area contributed by atoms with Crippen molar-refractivity contribution in [3.05, 3.63) is 63.6 Å². The molecule has 2 rings (SSSR count). The van der Waals surface area contributed by atoms with E-state index in [1.165, 1.54) is 5.56 Å². The SMILES string of the molecule is CNCc1ccc(COc2cccc(Cl)c2Cl)cc1. The fraction of sp³-hybridized carbons (Fsp3) is 0.200. The van der Waals surface area contributed by atoms with E-state index in [1.807, 2.05) is 31.3 Å². The molecule has 0 atom stereocenters. The third kappa shape index (κ3) is 3.87. The summed E-state index contributed by atoms with van der Waals surface area (Å²) in [4.78, 5) is 0. The van der Waals surface area contributed by atoms with E-state index in [9.17, 15) is 0 Å². The summed E-state index contributed by atoms with van der Waals surface area (Å²) >= 11 is 12.0. The van der Waals surface area contributed by atoms with E-state index >= 15 is 0 Å². The maximum Gasteiger partial charge on any atom is 0.139 e. The van der Waals surface area contributed by atoms with E-state index in [-0.39, 0.29) is 0 Å². The number of ether oxygens (including phenoxy) is 1. The molecule has 2 nitrogen and oxygen atoms in total. The Morgan fingerprint density at radius 2 is 1.68 bits per heavy atom. The molecule has 0 aliphatic heterocycles. The van der Waals surface area contributed by atoms with E-state index < -0.39 is 0 Å². The summed E-state index contributed by atoms with van der Waals surface area (Å²) in [5, 5.41) is 4.07. The third-order valence-electron chi connectivity index (χ3n) is 2.71. The van der Waals surface area contributed by atoms with Gasteiger partial charge in [0.1, 0.15) is 17.4 Å². The van der Waals surface area contributed by atoms with Crippen molar-refractivity contribution >= 4 is 23.2 Å². The highest BCUT2D eigenvalue weighted by atomic mass is 35.5. The second-order valence-electron chi connectivity index (χ2n) is 4.19. The molecular weight excluding hydrogens is 281 g/mol. The van der Waals surface area contributed by atoms with Crippen LogP contribution in [-0.4, -0.2) is 7.05 Å². The Bertz CT molecular complexity index is 540. The van der Waals surface area contributed by atoms with Gasteiger partial charge in [0.2, 0.25) is 0 Å². The van der Waals surface area contributed by atoms with Crippen LogP contribution in [0.2, 0.25) is 10.0 Å². The van der Waals surface area contributed by atoms with Gasteiger partial charge in [0, 0.05) is 6.54 Å². The molecule has 0 amide bonds. The molecule has 0 radical (unpaired) electrons. The summed E-state index contributed by atoms with van der Waals surface area (Å²) in [6.07, 6.45) is 0. The van der Waals surface area contributed by atoms with E-state index in [2.05, 4.69) is 17.4 Å². The van der Waals surface area contributed by atoms with Gasteiger partial charge in [-0.2, -0.15) is 0 Å². The van der Waals surface area contributed by atoms with Crippen molar-refractivity contribution in [3.8, 4) is 5.75 Å². The Morgan fingerprint density at radius 1 is 1.00 bits per heavy atom. The van der Waals surface area contributed by atoms with Crippen LogP contribution in [0.5, 0.6) is 5.75 Å². The lowest BCUT2D eigenvalue weighted by Crippen LogP contribution is -2.05. The highest BCUT2D eigenvalue weighted by Gasteiger charge is 2.05. The molecule has 2 aromatic rings. The quantitative estimate of drug-likeness (QED) is 0.888. The highest BCUT2D eigenvalue weighted by Crippen LogP contribution is 2.31. The van der Waals surface area contributed by atoms with Crippen LogP contribution in [0.15, 0.2) is 42.5 Å². The van der Waals surface area contributed by atoms with E-state index in [0.717, 1.165) is 12.1 Å². The minimum absolute atomic E-state index is 0.455. The number of nitrogens with one attached hydrogen (secondary N) is 1. The summed E-state index contributed by atoms with van der Waals surface area (Å²) in [6, 6.07) is 13.6. The van der Waals surface area contributed by atoms with Gasteiger partial charge < -0.3 is 10.1 Å². The summed E-state index contributed by atoms with van der Waals surface area (Å²) in [6.45, 7) is 1.33. The molecule has 0 saturated heterocycles. The van der Waals surface area contributed by atoms with Gasteiger partial charge in [-0.05, 0) is 30.3 Å². The number of benzene rings is 2. The van der Waals surface area contributed by atoms with Gasteiger partial charge >= 0.3 is 0 Å². The van der Waals surface area contributed by atoms with Crippen molar-refractivity contribution in [2.24, 2.45) is 0 Å². The summed E-state index contributed by atoms with van der Waals surface area (Å²) < 4.78 is 5.67. The molecule has 1 N–H and O–H groups in total. The van der Waals surface area contributed by atoms with Gasteiger partial charge in [-0.15, -0.1) is 0 Å². The summed E-state index contributed by atoms with van der Waals surface area (Å²) in [5.41, 5.74) is 2.34. The van der Waals surface area contributed by atoms with Gasteiger partial charge in [0.15, 0.2) is 0 Å². The van der Waals surface area contributed by atoms with Crippen molar-refractivity contribution in [2.45, 2.75) is 13.2 Å². The minimum Gasteiger partial charge on any atom is -0.487 e. The number of halogens is 2. The zero-order chi connectivity index (χ0) is 13.7. The molecule has 0 aliphatic carbocycles. The van der Waals surface area contributed by atoms with Crippen LogP contribution in [-0.2, 0) is 13.2 Å². The lowest BCUT2D eigenvalue weighted by atomic mass is 10.1. The van der Waals surface area contributed by atoms with Crippen molar-refractivity contribution in [2.75, 3.05) is 7.05 Å². The second kappa shape index (κ2) is 6.80. The van der Waals surface area contributed by atoms with E-state index in [0.29, 0.717) is 22.4 Å². The zero-order valence-electron chi connectivity index (χ0n) is 10.6. The molecule has 0 aliphatic rings. The molecule has 4 heteroatoms. The normalized spacial score (nSPS) is 10.5. The van der Waals surface area contributed by atoms with Crippen molar-refractivity contribution in [1.29, 1.82) is 0 Å². The van der Waals surface area contributed by atoms with Crippen molar-refractivity contribution < 1.29 is 4.74 Å². The second-order valence-corrected chi connectivity index (χ2v) is 4.97. The molecule has 2 aromatic carbocycles. The largest absolute Gasteiger partial charge is 0.487 e. The van der Waals surface area contributed by atoms with Crippen LogP contribution in [0, 0.1) is 0 Å². The van der Waals surface area contributed by atoms with Gasteiger partial charge in [0.05, 0.1) is 5.02 Å². The topological polar surface area (TPSA) is 21.3 Å². The zero-order valence-corrected chi connectivity index (χ0v) is 12.1. The number of rotatable bonds is 5. The van der Waals surface area contributed by atoms with Crippen LogP contribution >= 0.6 is 23.2 Å². The summed E-state index contributed by atoms with van der Waals surface area (Å²) in [5.74, 6) is 0.605. The van der Waals surface area contributed by atoms with E-state index in [1.54, 1.807) is 6.07 Å². The Balaban J connectivity index is 2.00. The molecule has 0 aromatic heterocycles. The molecule has 0 unspecified atom stereocenters. The van der Waals surface area contributed by atoms with Crippen LogP contribution in [0.1, 0.15) is 11.1 Å².